The quantitative estimate of drug-likeness (QED) is 0.309. The predicted molar refractivity (Wildman–Crippen MR) is 116 cm³/mol. The first-order valence-electron chi connectivity index (χ1n) is 10.7. The summed E-state index contributed by atoms with van der Waals surface area (Å²) in [6.45, 7) is 5.92. The van der Waals surface area contributed by atoms with Crippen molar-refractivity contribution in [3.05, 3.63) is 23.5 Å². The van der Waals surface area contributed by atoms with Crippen LogP contribution in [0.5, 0.6) is 0 Å². The average Bonchev–Trinajstić information content (AvgIpc) is 2.72. The Balaban J connectivity index is 2.06. The number of nitrogens with two attached hydrogens (primary N) is 1. The molecule has 8 heteroatoms. The average molecular weight is 418 g/mol. The molecule has 5 N–H and O–H groups in total. The Kier molecular flexibility index (Phi) is 8.62. The van der Waals surface area contributed by atoms with Crippen molar-refractivity contribution in [3.8, 4) is 0 Å². The molecule has 2 fully saturated rings. The Morgan fingerprint density at radius 2 is 1.73 bits per heavy atom. The Morgan fingerprint density at radius 1 is 1.07 bits per heavy atom. The lowest BCUT2D eigenvalue weighted by molar-refractivity contribution is -0.150. The van der Waals surface area contributed by atoms with E-state index >= 15 is 0 Å². The number of nitrogens with zero attached hydrogens (tertiary/aromatic N) is 1. The first kappa shape index (κ1) is 23.6. The molecule has 0 radical (unpaired) electrons. The van der Waals surface area contributed by atoms with Crippen molar-refractivity contribution < 1.29 is 14.4 Å². The van der Waals surface area contributed by atoms with Gasteiger partial charge in [0.1, 0.15) is 0 Å². The fraction of sp³-hybridized carbons (Fsp3) is 0.636. The highest BCUT2D eigenvalue weighted by Crippen LogP contribution is 2.35. The van der Waals surface area contributed by atoms with Gasteiger partial charge in [0.25, 0.3) is 0 Å². The molecule has 0 unspecified atom stereocenters. The Bertz CT molecular complexity index is 722. The largest absolute Gasteiger partial charge is 0.403 e. The van der Waals surface area contributed by atoms with Gasteiger partial charge in [-0.15, -0.1) is 0 Å². The Morgan fingerprint density at radius 3 is 2.30 bits per heavy atom. The van der Waals surface area contributed by atoms with Crippen LogP contribution in [-0.4, -0.2) is 47.5 Å². The van der Waals surface area contributed by atoms with Gasteiger partial charge in [-0.05, 0) is 68.9 Å². The van der Waals surface area contributed by atoms with E-state index in [1.54, 1.807) is 17.9 Å². The molecule has 8 nitrogen and oxygen atoms in total. The third kappa shape index (κ3) is 6.43. The topological polar surface area (TPSA) is 128 Å². The number of carbonyl (C=O) groups is 3. The van der Waals surface area contributed by atoms with Crippen molar-refractivity contribution in [2.45, 2.75) is 71.4 Å². The van der Waals surface area contributed by atoms with Crippen LogP contribution in [0, 0.1) is 17.2 Å². The number of hydrogen-bond acceptors (Lipinski definition) is 5. The van der Waals surface area contributed by atoms with Gasteiger partial charge in [-0.3, -0.25) is 14.4 Å². The van der Waals surface area contributed by atoms with E-state index in [1.807, 2.05) is 0 Å². The van der Waals surface area contributed by atoms with Crippen LogP contribution in [-0.2, 0) is 14.4 Å². The minimum Gasteiger partial charge on any atom is -0.403 e. The van der Waals surface area contributed by atoms with Gasteiger partial charge in [-0.1, -0.05) is 6.92 Å². The summed E-state index contributed by atoms with van der Waals surface area (Å²) in [5, 5.41) is 12.8. The SMILES string of the molecule is CC(=O)NC1CCC([C@H]2CC[C@H](C)CN2C(=O)C(=O)NC(/C=C(/C)C=N)=C/N)CC1. The normalized spacial score (nSPS) is 27.9. The molecule has 30 heavy (non-hydrogen) atoms. The molecule has 0 aromatic rings. The fourth-order valence-electron chi connectivity index (χ4n) is 4.56. The van der Waals surface area contributed by atoms with Crippen LogP contribution in [0.3, 0.4) is 0 Å². The summed E-state index contributed by atoms with van der Waals surface area (Å²) in [6.07, 6.45) is 9.53. The zero-order chi connectivity index (χ0) is 22.3. The molecule has 1 heterocycles. The van der Waals surface area contributed by atoms with Gasteiger partial charge in [0.05, 0.1) is 5.70 Å². The first-order valence-corrected chi connectivity index (χ1v) is 10.7. The summed E-state index contributed by atoms with van der Waals surface area (Å²) < 4.78 is 0. The molecule has 0 aromatic heterocycles. The van der Waals surface area contributed by atoms with Gasteiger partial charge in [0, 0.05) is 38.0 Å². The minimum atomic E-state index is -0.702. The van der Waals surface area contributed by atoms with E-state index in [0.717, 1.165) is 44.7 Å². The molecular formula is C22H35N5O3. The Hall–Kier alpha value is -2.64. The number of piperidine rings is 1. The second-order valence-corrected chi connectivity index (χ2v) is 8.63. The van der Waals surface area contributed by atoms with Crippen LogP contribution < -0.4 is 16.4 Å². The van der Waals surface area contributed by atoms with Crippen LogP contribution in [0.1, 0.15) is 59.3 Å². The van der Waals surface area contributed by atoms with Gasteiger partial charge < -0.3 is 26.7 Å². The van der Waals surface area contributed by atoms with Crippen molar-refractivity contribution in [2.75, 3.05) is 6.54 Å². The molecule has 0 spiro atoms. The molecule has 0 bridgehead atoms. The molecule has 1 aliphatic carbocycles. The van der Waals surface area contributed by atoms with E-state index in [4.69, 9.17) is 11.1 Å². The number of nitrogens with one attached hydrogen (secondary N) is 3. The highest BCUT2D eigenvalue weighted by molar-refractivity contribution is 6.35. The van der Waals surface area contributed by atoms with Crippen molar-refractivity contribution in [3.63, 3.8) is 0 Å². The van der Waals surface area contributed by atoms with Crippen molar-refractivity contribution in [1.82, 2.24) is 15.5 Å². The van der Waals surface area contributed by atoms with Crippen LogP contribution in [0.15, 0.2) is 23.5 Å². The number of likely N-dealkylation sites (tertiary alicyclic amines) is 1. The van der Waals surface area contributed by atoms with Gasteiger partial charge in [-0.2, -0.15) is 0 Å². The van der Waals surface area contributed by atoms with Gasteiger partial charge in [0.15, 0.2) is 0 Å². The second-order valence-electron chi connectivity index (χ2n) is 8.63. The summed E-state index contributed by atoms with van der Waals surface area (Å²) in [5.74, 6) is -0.556. The summed E-state index contributed by atoms with van der Waals surface area (Å²) >= 11 is 0. The van der Waals surface area contributed by atoms with Gasteiger partial charge in [0.2, 0.25) is 5.91 Å². The van der Waals surface area contributed by atoms with Gasteiger partial charge in [-0.25, -0.2) is 0 Å². The maximum Gasteiger partial charge on any atom is 0.313 e. The lowest BCUT2D eigenvalue weighted by atomic mass is 9.77. The molecule has 1 saturated carbocycles. The summed E-state index contributed by atoms with van der Waals surface area (Å²) in [5.41, 5.74) is 6.47. The summed E-state index contributed by atoms with van der Waals surface area (Å²) in [6, 6.07) is 0.247. The molecule has 0 aromatic carbocycles. The van der Waals surface area contributed by atoms with E-state index < -0.39 is 11.8 Å². The van der Waals surface area contributed by atoms with Crippen molar-refractivity contribution >= 4 is 23.9 Å². The van der Waals surface area contributed by atoms with Crippen molar-refractivity contribution in [1.29, 1.82) is 5.41 Å². The summed E-state index contributed by atoms with van der Waals surface area (Å²) in [4.78, 5) is 38.7. The number of amides is 3. The maximum atomic E-state index is 13.0. The standard InChI is InChI=1S/C22H35N5O3/c1-14-4-9-20(17-5-7-18(8-6-17)25-16(3)28)27(13-14)22(30)21(29)26-19(12-24)10-15(2)11-23/h10-12,14,17-18,20,23H,4-9,13,24H2,1-3H3,(H,25,28)(H,26,29)/b15-10-,19-12+,23-11?/t14-,17?,18?,20+/m0/s1. The number of carbonyl (C=O) groups excluding carboxylic acids is 3. The molecule has 1 saturated heterocycles. The lowest BCUT2D eigenvalue weighted by Crippen LogP contribution is -2.55. The van der Waals surface area contributed by atoms with Crippen LogP contribution in [0.2, 0.25) is 0 Å². The molecule has 1 aliphatic heterocycles. The highest BCUT2D eigenvalue weighted by Gasteiger charge is 2.39. The number of hydrogen-bond donors (Lipinski definition) is 4. The van der Waals surface area contributed by atoms with Crippen molar-refractivity contribution in [2.24, 2.45) is 17.6 Å². The van der Waals surface area contributed by atoms with E-state index in [1.165, 1.54) is 13.1 Å². The third-order valence-electron chi connectivity index (χ3n) is 6.09. The smallest absolute Gasteiger partial charge is 0.313 e. The Labute approximate surface area is 178 Å². The minimum absolute atomic E-state index is 0.00511. The monoisotopic (exact) mass is 417 g/mol. The van der Waals surface area contributed by atoms with Crippen LogP contribution >= 0.6 is 0 Å². The zero-order valence-electron chi connectivity index (χ0n) is 18.2. The van der Waals surface area contributed by atoms with E-state index in [0.29, 0.717) is 29.7 Å². The number of rotatable bonds is 5. The predicted octanol–water partition coefficient (Wildman–Crippen LogP) is 1.82. The zero-order valence-corrected chi connectivity index (χ0v) is 18.2. The number of allylic oxidation sites excluding steroid dienone is 2. The summed E-state index contributed by atoms with van der Waals surface area (Å²) in [7, 11) is 0. The molecule has 2 rings (SSSR count). The molecule has 2 aliphatic rings. The van der Waals surface area contributed by atoms with Gasteiger partial charge >= 0.3 is 11.8 Å². The van der Waals surface area contributed by atoms with E-state index in [2.05, 4.69) is 17.6 Å². The van der Waals surface area contributed by atoms with Crippen LogP contribution in [0.25, 0.3) is 0 Å². The molecule has 2 atom stereocenters. The molecule has 166 valence electrons. The third-order valence-corrected chi connectivity index (χ3v) is 6.09. The molecule has 3 amide bonds. The second kappa shape index (κ2) is 10.9. The van der Waals surface area contributed by atoms with E-state index in [9.17, 15) is 14.4 Å². The fourth-order valence-corrected chi connectivity index (χ4v) is 4.56. The van der Waals surface area contributed by atoms with E-state index in [-0.39, 0.29) is 18.0 Å². The van der Waals surface area contributed by atoms with Crippen LogP contribution in [0.4, 0.5) is 0 Å². The maximum absolute atomic E-state index is 13.0. The highest BCUT2D eigenvalue weighted by atomic mass is 16.2. The molecular weight excluding hydrogens is 382 g/mol. The lowest BCUT2D eigenvalue weighted by Gasteiger charge is -2.44. The first-order chi connectivity index (χ1) is 14.2.